The summed E-state index contributed by atoms with van der Waals surface area (Å²) >= 11 is 0. The summed E-state index contributed by atoms with van der Waals surface area (Å²) in [6, 6.07) is 10.0. The highest BCUT2D eigenvalue weighted by Crippen LogP contribution is 2.10. The lowest BCUT2D eigenvalue weighted by Gasteiger charge is -2.03. The maximum Gasteiger partial charge on any atom is 0.306 e. The zero-order valence-electron chi connectivity index (χ0n) is 14.6. The number of hydrogen-bond acceptors (Lipinski definition) is 2. The predicted molar refractivity (Wildman–Crippen MR) is 98.3 cm³/mol. The third-order valence-corrected chi connectivity index (χ3v) is 3.93. The van der Waals surface area contributed by atoms with E-state index in [-0.39, 0.29) is 5.97 Å². The quantitative estimate of drug-likeness (QED) is 0.321. The van der Waals surface area contributed by atoms with Gasteiger partial charge in [0.2, 0.25) is 0 Å². The van der Waals surface area contributed by atoms with Gasteiger partial charge in [0.15, 0.2) is 0 Å². The van der Waals surface area contributed by atoms with E-state index < -0.39 is 0 Å². The molecule has 0 unspecified atom stereocenters. The van der Waals surface area contributed by atoms with Crippen LogP contribution in [0.4, 0.5) is 0 Å². The lowest BCUT2D eigenvalue weighted by atomic mass is 10.1. The molecule has 0 radical (unpaired) electrons. The molecule has 1 rings (SSSR count). The Morgan fingerprint density at radius 2 is 1.52 bits per heavy atom. The number of ether oxygens (including phenoxy) is 1. The van der Waals surface area contributed by atoms with Crippen molar-refractivity contribution in [2.75, 3.05) is 6.61 Å². The molecule has 0 atom stereocenters. The summed E-state index contributed by atoms with van der Waals surface area (Å²) in [6.45, 7) is 2.61. The van der Waals surface area contributed by atoms with Crippen LogP contribution in [0.3, 0.4) is 0 Å². The highest BCUT2D eigenvalue weighted by atomic mass is 16.5. The maximum absolute atomic E-state index is 11.6. The van der Waals surface area contributed by atoms with Crippen LogP contribution in [0.15, 0.2) is 36.4 Å². The molecule has 0 aliphatic rings. The summed E-state index contributed by atoms with van der Waals surface area (Å²) in [7, 11) is 0. The Morgan fingerprint density at radius 1 is 0.913 bits per heavy atom. The summed E-state index contributed by atoms with van der Waals surface area (Å²) < 4.78 is 5.21. The molecule has 2 heteroatoms. The topological polar surface area (TPSA) is 26.3 Å². The number of carbonyl (C=O) groups excluding carboxylic acids is 1. The predicted octanol–water partition coefficient (Wildman–Crippen LogP) is 6.16. The van der Waals surface area contributed by atoms with Gasteiger partial charge >= 0.3 is 5.97 Å². The summed E-state index contributed by atoms with van der Waals surface area (Å²) in [5.41, 5.74) is 1.13. The Bertz CT molecular complexity index is 423. The van der Waals surface area contributed by atoms with E-state index in [1.54, 1.807) is 0 Å². The minimum Gasteiger partial charge on any atom is -0.461 e. The van der Waals surface area contributed by atoms with Gasteiger partial charge in [-0.2, -0.15) is 0 Å². The summed E-state index contributed by atoms with van der Waals surface area (Å²) in [4.78, 5) is 11.6. The van der Waals surface area contributed by atoms with Crippen LogP contribution in [-0.4, -0.2) is 12.6 Å². The van der Waals surface area contributed by atoms with Crippen LogP contribution in [0, 0.1) is 0 Å². The highest BCUT2D eigenvalue weighted by molar-refractivity contribution is 5.69. The Kier molecular flexibility index (Phi) is 11.9. The molecule has 0 spiro atoms. The first kappa shape index (κ1) is 19.5. The van der Waals surface area contributed by atoms with E-state index in [9.17, 15) is 4.79 Å². The summed E-state index contributed by atoms with van der Waals surface area (Å²) in [5.74, 6) is -0.0781. The van der Waals surface area contributed by atoms with Gasteiger partial charge in [-0.15, -0.1) is 0 Å². The summed E-state index contributed by atoms with van der Waals surface area (Å²) in [5, 5.41) is 0. The van der Waals surface area contributed by atoms with E-state index in [2.05, 4.69) is 6.92 Å². The van der Waals surface area contributed by atoms with Crippen molar-refractivity contribution in [2.24, 2.45) is 0 Å². The van der Waals surface area contributed by atoms with Gasteiger partial charge in [-0.25, -0.2) is 0 Å². The van der Waals surface area contributed by atoms with E-state index >= 15 is 0 Å². The van der Waals surface area contributed by atoms with Gasteiger partial charge in [0.1, 0.15) is 6.61 Å². The molecule has 0 aliphatic carbocycles. The monoisotopic (exact) mass is 316 g/mol. The van der Waals surface area contributed by atoms with Crippen molar-refractivity contribution in [1.29, 1.82) is 0 Å². The Balaban J connectivity index is 1.91. The van der Waals surface area contributed by atoms with Crippen molar-refractivity contribution < 1.29 is 9.53 Å². The van der Waals surface area contributed by atoms with Gasteiger partial charge in [0.25, 0.3) is 0 Å². The molecule has 0 N–H and O–H groups in total. The first-order valence-electron chi connectivity index (χ1n) is 9.20. The van der Waals surface area contributed by atoms with Crippen molar-refractivity contribution in [3.8, 4) is 0 Å². The number of carbonyl (C=O) groups is 1. The number of hydrogen-bond donors (Lipinski definition) is 0. The van der Waals surface area contributed by atoms with Crippen LogP contribution in [0.5, 0.6) is 0 Å². The van der Waals surface area contributed by atoms with E-state index in [0.717, 1.165) is 18.4 Å². The Hall–Kier alpha value is -1.57. The van der Waals surface area contributed by atoms with Crippen LogP contribution in [0.2, 0.25) is 0 Å². The molecule has 0 fully saturated rings. The van der Waals surface area contributed by atoms with E-state index in [1.807, 2.05) is 42.5 Å². The highest BCUT2D eigenvalue weighted by Gasteiger charge is 2.01. The molecule has 0 heterocycles. The number of rotatable bonds is 13. The van der Waals surface area contributed by atoms with E-state index in [1.165, 1.54) is 44.9 Å². The molecule has 1 aromatic rings. The van der Waals surface area contributed by atoms with Crippen molar-refractivity contribution in [1.82, 2.24) is 0 Å². The van der Waals surface area contributed by atoms with E-state index in [0.29, 0.717) is 13.0 Å². The lowest BCUT2D eigenvalue weighted by Crippen LogP contribution is -2.03. The second-order valence-corrected chi connectivity index (χ2v) is 6.07. The molecule has 0 bridgehead atoms. The zero-order valence-corrected chi connectivity index (χ0v) is 14.6. The molecular formula is C21H32O2. The van der Waals surface area contributed by atoms with Gasteiger partial charge < -0.3 is 4.74 Å². The first-order chi connectivity index (χ1) is 11.3. The SMILES string of the molecule is CCCCCCCCCCCC(=O)OC/C=C/c1ccccc1. The fourth-order valence-corrected chi connectivity index (χ4v) is 2.54. The molecule has 128 valence electrons. The lowest BCUT2D eigenvalue weighted by molar-refractivity contribution is -0.142. The molecule has 0 saturated heterocycles. The van der Waals surface area contributed by atoms with Gasteiger partial charge in [-0.05, 0) is 18.1 Å². The third kappa shape index (κ3) is 11.6. The fourth-order valence-electron chi connectivity index (χ4n) is 2.54. The molecule has 0 saturated carbocycles. The van der Waals surface area contributed by atoms with Crippen LogP contribution in [-0.2, 0) is 9.53 Å². The smallest absolute Gasteiger partial charge is 0.306 e. The van der Waals surface area contributed by atoms with Gasteiger partial charge in [-0.1, -0.05) is 94.7 Å². The number of benzene rings is 1. The first-order valence-corrected chi connectivity index (χ1v) is 9.20. The molecule has 0 aromatic heterocycles. The van der Waals surface area contributed by atoms with Gasteiger partial charge in [0, 0.05) is 6.42 Å². The summed E-state index contributed by atoms with van der Waals surface area (Å²) in [6.07, 6.45) is 15.8. The normalized spacial score (nSPS) is 11.0. The van der Waals surface area contributed by atoms with Gasteiger partial charge in [0.05, 0.1) is 0 Å². The van der Waals surface area contributed by atoms with Gasteiger partial charge in [-0.3, -0.25) is 4.79 Å². The maximum atomic E-state index is 11.6. The minimum atomic E-state index is -0.0781. The van der Waals surface area contributed by atoms with Crippen molar-refractivity contribution >= 4 is 12.0 Å². The molecule has 23 heavy (non-hydrogen) atoms. The Labute approximate surface area is 141 Å². The average molecular weight is 316 g/mol. The van der Waals surface area contributed by atoms with Crippen LogP contribution >= 0.6 is 0 Å². The minimum absolute atomic E-state index is 0.0781. The zero-order chi connectivity index (χ0) is 16.6. The standard InChI is InChI=1S/C21H32O2/c1-2-3-4-5-6-7-8-9-13-18-21(22)23-19-14-17-20-15-11-10-12-16-20/h10-12,14-17H,2-9,13,18-19H2,1H3/b17-14+. The average Bonchev–Trinajstić information content (AvgIpc) is 2.58. The third-order valence-electron chi connectivity index (χ3n) is 3.93. The van der Waals surface area contributed by atoms with Crippen molar-refractivity contribution in [3.63, 3.8) is 0 Å². The molecular weight excluding hydrogens is 284 g/mol. The molecule has 1 aromatic carbocycles. The second kappa shape index (κ2) is 14.0. The van der Waals surface area contributed by atoms with Crippen LogP contribution in [0.25, 0.3) is 6.08 Å². The van der Waals surface area contributed by atoms with Crippen molar-refractivity contribution in [3.05, 3.63) is 42.0 Å². The molecule has 0 amide bonds. The molecule has 2 nitrogen and oxygen atoms in total. The number of esters is 1. The van der Waals surface area contributed by atoms with E-state index in [4.69, 9.17) is 4.74 Å². The molecule has 0 aliphatic heterocycles. The largest absolute Gasteiger partial charge is 0.461 e. The van der Waals surface area contributed by atoms with Crippen LogP contribution in [0.1, 0.15) is 76.7 Å². The fraction of sp³-hybridized carbons (Fsp3) is 0.571. The Morgan fingerprint density at radius 3 is 2.17 bits per heavy atom. The number of unbranched alkanes of at least 4 members (excludes halogenated alkanes) is 8. The second-order valence-electron chi connectivity index (χ2n) is 6.07. The van der Waals surface area contributed by atoms with Crippen molar-refractivity contribution in [2.45, 2.75) is 71.1 Å². The van der Waals surface area contributed by atoms with Crippen LogP contribution < -0.4 is 0 Å².